The molecule has 0 fully saturated rings. The molecule has 15 heavy (non-hydrogen) atoms. The van der Waals surface area contributed by atoms with Crippen molar-refractivity contribution in [2.45, 2.75) is 9.92 Å². The third-order valence-electron chi connectivity index (χ3n) is 1.73. The van der Waals surface area contributed by atoms with Crippen LogP contribution in [0.15, 0.2) is 57.0 Å². The summed E-state index contributed by atoms with van der Waals surface area (Å²) in [6, 6.07) is 11.0. The van der Waals surface area contributed by atoms with Crippen LogP contribution in [0.4, 0.5) is 4.39 Å². The number of rotatable bonds is 2. The lowest BCUT2D eigenvalue weighted by Gasteiger charge is -2.01. The van der Waals surface area contributed by atoms with Crippen molar-refractivity contribution in [1.29, 1.82) is 0 Å². The second-order valence-electron chi connectivity index (χ2n) is 2.86. The van der Waals surface area contributed by atoms with Crippen LogP contribution in [0, 0.1) is 5.82 Å². The van der Waals surface area contributed by atoms with Crippen molar-refractivity contribution in [2.24, 2.45) is 0 Å². The highest BCUT2D eigenvalue weighted by molar-refractivity contribution is 9.10. The van der Waals surface area contributed by atoms with Gasteiger partial charge in [0.1, 0.15) is 5.03 Å². The molecule has 0 amide bonds. The number of halogens is 2. The molecule has 0 unspecified atom stereocenters. The van der Waals surface area contributed by atoms with Gasteiger partial charge >= 0.3 is 0 Å². The van der Waals surface area contributed by atoms with Crippen LogP contribution >= 0.6 is 27.7 Å². The fraction of sp³-hybridized carbons (Fsp3) is 0. The first-order chi connectivity index (χ1) is 7.25. The van der Waals surface area contributed by atoms with Gasteiger partial charge in [-0.15, -0.1) is 0 Å². The monoisotopic (exact) mass is 283 g/mol. The summed E-state index contributed by atoms with van der Waals surface area (Å²) < 4.78 is 14.1. The van der Waals surface area contributed by atoms with E-state index in [9.17, 15) is 4.39 Å². The van der Waals surface area contributed by atoms with E-state index in [1.807, 2.05) is 30.3 Å². The van der Waals surface area contributed by atoms with Crippen LogP contribution in [0.25, 0.3) is 0 Å². The molecular weight excluding hydrogens is 277 g/mol. The Morgan fingerprint density at radius 2 is 1.93 bits per heavy atom. The molecule has 2 aromatic rings. The van der Waals surface area contributed by atoms with Gasteiger partial charge in [-0.1, -0.05) is 30.0 Å². The average molecular weight is 284 g/mol. The summed E-state index contributed by atoms with van der Waals surface area (Å²) in [5.41, 5.74) is 0. The predicted molar refractivity (Wildman–Crippen MR) is 62.5 cm³/mol. The maximum atomic E-state index is 13.4. The molecule has 0 bridgehead atoms. The summed E-state index contributed by atoms with van der Waals surface area (Å²) in [7, 11) is 0. The van der Waals surface area contributed by atoms with Crippen molar-refractivity contribution < 1.29 is 4.39 Å². The number of nitrogens with zero attached hydrogens (tertiary/aromatic N) is 1. The normalized spacial score (nSPS) is 10.3. The molecule has 0 aliphatic carbocycles. The molecule has 0 N–H and O–H groups in total. The van der Waals surface area contributed by atoms with E-state index >= 15 is 0 Å². The molecule has 1 nitrogen and oxygen atoms in total. The van der Waals surface area contributed by atoms with E-state index in [-0.39, 0.29) is 5.82 Å². The fourth-order valence-electron chi connectivity index (χ4n) is 1.08. The Kier molecular flexibility index (Phi) is 3.38. The van der Waals surface area contributed by atoms with Gasteiger partial charge in [-0.05, 0) is 34.1 Å². The quantitative estimate of drug-likeness (QED) is 0.822. The van der Waals surface area contributed by atoms with Crippen LogP contribution in [0.5, 0.6) is 0 Å². The van der Waals surface area contributed by atoms with E-state index in [1.165, 1.54) is 17.8 Å². The Balaban J connectivity index is 2.25. The minimum Gasteiger partial charge on any atom is -0.245 e. The van der Waals surface area contributed by atoms with Crippen molar-refractivity contribution in [3.05, 3.63) is 52.9 Å². The topological polar surface area (TPSA) is 12.9 Å². The SMILES string of the molecule is Fc1cc(Br)cnc1Sc1ccccc1. The number of benzene rings is 1. The van der Waals surface area contributed by atoms with Gasteiger partial charge in [0.25, 0.3) is 0 Å². The largest absolute Gasteiger partial charge is 0.245 e. The van der Waals surface area contributed by atoms with Crippen LogP contribution < -0.4 is 0 Å². The molecule has 0 atom stereocenters. The second kappa shape index (κ2) is 4.77. The number of pyridine rings is 1. The molecule has 0 saturated carbocycles. The Bertz CT molecular complexity index is 461. The Labute approximate surface area is 99.9 Å². The number of hydrogen-bond acceptors (Lipinski definition) is 2. The summed E-state index contributed by atoms with van der Waals surface area (Å²) in [6.07, 6.45) is 1.59. The summed E-state index contributed by atoms with van der Waals surface area (Å²) in [5, 5.41) is 0.393. The summed E-state index contributed by atoms with van der Waals surface area (Å²) in [4.78, 5) is 4.99. The van der Waals surface area contributed by atoms with Gasteiger partial charge < -0.3 is 0 Å². The zero-order valence-electron chi connectivity index (χ0n) is 7.65. The van der Waals surface area contributed by atoms with Crippen molar-refractivity contribution in [1.82, 2.24) is 4.98 Å². The van der Waals surface area contributed by atoms with Crippen molar-refractivity contribution >= 4 is 27.7 Å². The number of hydrogen-bond donors (Lipinski definition) is 0. The summed E-state index contributed by atoms with van der Waals surface area (Å²) in [6.45, 7) is 0. The van der Waals surface area contributed by atoms with Gasteiger partial charge in [-0.2, -0.15) is 0 Å². The third kappa shape index (κ3) is 2.79. The zero-order chi connectivity index (χ0) is 10.7. The van der Waals surface area contributed by atoms with Gasteiger partial charge in [0, 0.05) is 15.6 Å². The molecule has 4 heteroatoms. The van der Waals surface area contributed by atoms with Crippen LogP contribution in [-0.4, -0.2) is 4.98 Å². The summed E-state index contributed by atoms with van der Waals surface area (Å²) >= 11 is 4.49. The van der Waals surface area contributed by atoms with Gasteiger partial charge in [0.2, 0.25) is 0 Å². The van der Waals surface area contributed by atoms with Crippen LogP contribution in [0.3, 0.4) is 0 Å². The van der Waals surface area contributed by atoms with Gasteiger partial charge in [-0.3, -0.25) is 0 Å². The van der Waals surface area contributed by atoms with Gasteiger partial charge in [-0.25, -0.2) is 9.37 Å². The smallest absolute Gasteiger partial charge is 0.156 e. The van der Waals surface area contributed by atoms with Gasteiger partial charge in [0.05, 0.1) is 0 Å². The van der Waals surface area contributed by atoms with Crippen LogP contribution in [0.2, 0.25) is 0 Å². The van der Waals surface area contributed by atoms with E-state index < -0.39 is 0 Å². The first-order valence-electron chi connectivity index (χ1n) is 4.29. The van der Waals surface area contributed by atoms with E-state index in [1.54, 1.807) is 6.20 Å². The lowest BCUT2D eigenvalue weighted by molar-refractivity contribution is 0.586. The highest BCUT2D eigenvalue weighted by atomic mass is 79.9. The fourth-order valence-corrected chi connectivity index (χ4v) is 2.16. The van der Waals surface area contributed by atoms with Crippen molar-refractivity contribution in [2.75, 3.05) is 0 Å². The molecule has 0 radical (unpaired) electrons. The van der Waals surface area contributed by atoms with E-state index in [0.29, 0.717) is 9.50 Å². The minimum atomic E-state index is -0.307. The zero-order valence-corrected chi connectivity index (χ0v) is 10.1. The maximum absolute atomic E-state index is 13.4. The van der Waals surface area contributed by atoms with Crippen LogP contribution in [-0.2, 0) is 0 Å². The molecule has 0 saturated heterocycles. The molecule has 1 heterocycles. The molecule has 0 aliphatic rings. The molecular formula is C11H7BrFNS. The molecule has 0 aliphatic heterocycles. The van der Waals surface area contributed by atoms with Crippen molar-refractivity contribution in [3.63, 3.8) is 0 Å². The lowest BCUT2D eigenvalue weighted by Crippen LogP contribution is -1.85. The second-order valence-corrected chi connectivity index (χ2v) is 4.83. The Hall–Kier alpha value is -0.870. The Morgan fingerprint density at radius 3 is 2.60 bits per heavy atom. The maximum Gasteiger partial charge on any atom is 0.156 e. The highest BCUT2D eigenvalue weighted by Gasteiger charge is 2.05. The molecule has 2 rings (SSSR count). The Morgan fingerprint density at radius 1 is 1.20 bits per heavy atom. The lowest BCUT2D eigenvalue weighted by atomic mass is 10.4. The van der Waals surface area contributed by atoms with E-state index in [0.717, 1.165) is 4.90 Å². The molecule has 0 spiro atoms. The van der Waals surface area contributed by atoms with Crippen molar-refractivity contribution in [3.8, 4) is 0 Å². The van der Waals surface area contributed by atoms with E-state index in [2.05, 4.69) is 20.9 Å². The van der Waals surface area contributed by atoms with Gasteiger partial charge in [0.15, 0.2) is 5.82 Å². The highest BCUT2D eigenvalue weighted by Crippen LogP contribution is 2.28. The molecule has 1 aromatic carbocycles. The molecule has 1 aromatic heterocycles. The minimum absolute atomic E-state index is 0.307. The standard InChI is InChI=1S/C11H7BrFNS/c12-8-6-10(13)11(14-7-8)15-9-4-2-1-3-5-9/h1-7H. The van der Waals surface area contributed by atoms with E-state index in [4.69, 9.17) is 0 Å². The first kappa shape index (κ1) is 10.6. The number of aromatic nitrogens is 1. The average Bonchev–Trinajstić information content (AvgIpc) is 2.24. The third-order valence-corrected chi connectivity index (χ3v) is 3.17. The first-order valence-corrected chi connectivity index (χ1v) is 5.90. The molecule has 76 valence electrons. The predicted octanol–water partition coefficient (Wildman–Crippen LogP) is 4.13. The van der Waals surface area contributed by atoms with Crippen LogP contribution in [0.1, 0.15) is 0 Å². The summed E-state index contributed by atoms with van der Waals surface area (Å²) in [5.74, 6) is -0.307.